The third-order valence-electron chi connectivity index (χ3n) is 4.88. The molecule has 21 heavy (non-hydrogen) atoms. The molecule has 1 fully saturated rings. The molecule has 0 saturated heterocycles. The number of oxime groups is 1. The second kappa shape index (κ2) is 5.24. The van der Waals surface area contributed by atoms with Crippen molar-refractivity contribution in [2.75, 3.05) is 6.61 Å². The van der Waals surface area contributed by atoms with Crippen LogP contribution in [0.3, 0.4) is 0 Å². The molecule has 1 aliphatic carbocycles. The number of thioether (sulfide) groups is 1. The molecule has 3 nitrogen and oxygen atoms in total. The van der Waals surface area contributed by atoms with Gasteiger partial charge in [-0.1, -0.05) is 11.6 Å². The van der Waals surface area contributed by atoms with Crippen LogP contribution in [0.25, 0.3) is 0 Å². The van der Waals surface area contributed by atoms with Crippen molar-refractivity contribution in [3.63, 3.8) is 0 Å². The van der Waals surface area contributed by atoms with Crippen LogP contribution in [-0.4, -0.2) is 22.2 Å². The average Bonchev–Trinajstić information content (AvgIpc) is 2.46. The lowest BCUT2D eigenvalue weighted by molar-refractivity contribution is 0.157. The lowest BCUT2D eigenvalue weighted by atomic mass is 9.78. The van der Waals surface area contributed by atoms with E-state index in [4.69, 9.17) is 4.84 Å². The molecule has 2 aliphatic rings. The average molecular weight is 305 g/mol. The Kier molecular flexibility index (Phi) is 3.68. The van der Waals surface area contributed by atoms with Crippen LogP contribution in [0.15, 0.2) is 10.1 Å². The van der Waals surface area contributed by atoms with Crippen molar-refractivity contribution in [1.29, 1.82) is 0 Å². The fourth-order valence-corrected chi connectivity index (χ4v) is 5.11. The van der Waals surface area contributed by atoms with Crippen molar-refractivity contribution in [3.05, 3.63) is 22.3 Å². The minimum atomic E-state index is 0.309. The summed E-state index contributed by atoms with van der Waals surface area (Å²) in [7, 11) is 0. The monoisotopic (exact) mass is 305 g/mol. The normalized spacial score (nSPS) is 21.2. The van der Waals surface area contributed by atoms with Crippen molar-refractivity contribution in [3.8, 4) is 5.75 Å². The number of phenols is 1. The van der Waals surface area contributed by atoms with E-state index in [2.05, 4.69) is 12.1 Å². The van der Waals surface area contributed by atoms with Gasteiger partial charge in [-0.2, -0.15) is 0 Å². The van der Waals surface area contributed by atoms with Crippen LogP contribution >= 0.6 is 11.8 Å². The van der Waals surface area contributed by atoms with Crippen LogP contribution in [0.4, 0.5) is 0 Å². The summed E-state index contributed by atoms with van der Waals surface area (Å²) in [5.74, 6) is 0.403. The van der Waals surface area contributed by atoms with Gasteiger partial charge in [-0.25, -0.2) is 0 Å². The van der Waals surface area contributed by atoms with Crippen molar-refractivity contribution in [1.82, 2.24) is 0 Å². The molecule has 0 aromatic heterocycles. The summed E-state index contributed by atoms with van der Waals surface area (Å²) in [5, 5.41) is 14.8. The van der Waals surface area contributed by atoms with Crippen LogP contribution in [0.5, 0.6) is 5.75 Å². The van der Waals surface area contributed by atoms with Gasteiger partial charge in [0, 0.05) is 27.2 Å². The number of rotatable bonds is 2. The minimum absolute atomic E-state index is 0.309. The molecular weight excluding hydrogens is 282 g/mol. The summed E-state index contributed by atoms with van der Waals surface area (Å²) in [6, 6.07) is 0. The number of hydrogen-bond acceptors (Lipinski definition) is 4. The Hall–Kier alpha value is -1.16. The number of benzene rings is 1. The zero-order valence-corrected chi connectivity index (χ0v) is 14.1. The van der Waals surface area contributed by atoms with Crippen molar-refractivity contribution in [2.24, 2.45) is 5.16 Å². The second-order valence-corrected chi connectivity index (χ2v) is 7.68. The summed E-state index contributed by atoms with van der Waals surface area (Å²) < 4.78 is 0.309. The summed E-state index contributed by atoms with van der Waals surface area (Å²) in [5.41, 5.74) is 5.24. The molecule has 4 heteroatoms. The van der Waals surface area contributed by atoms with Crippen LogP contribution in [0.2, 0.25) is 0 Å². The zero-order valence-electron chi connectivity index (χ0n) is 13.2. The third kappa shape index (κ3) is 2.24. The highest BCUT2D eigenvalue weighted by Gasteiger charge is 2.45. The molecule has 114 valence electrons. The lowest BCUT2D eigenvalue weighted by Crippen LogP contribution is -2.39. The van der Waals surface area contributed by atoms with E-state index in [0.29, 0.717) is 17.1 Å². The Morgan fingerprint density at radius 2 is 1.90 bits per heavy atom. The van der Waals surface area contributed by atoms with Gasteiger partial charge in [0.2, 0.25) is 0 Å². The fraction of sp³-hybridized carbons (Fsp3) is 0.588. The van der Waals surface area contributed by atoms with Gasteiger partial charge in [0.05, 0.1) is 5.71 Å². The van der Waals surface area contributed by atoms with Gasteiger partial charge in [-0.15, -0.1) is 11.8 Å². The van der Waals surface area contributed by atoms with E-state index in [1.165, 1.54) is 29.7 Å². The highest BCUT2D eigenvalue weighted by atomic mass is 32.2. The van der Waals surface area contributed by atoms with Gasteiger partial charge in [-0.05, 0) is 51.7 Å². The maximum Gasteiger partial charge on any atom is 0.122 e. The molecule has 1 saturated carbocycles. The molecular formula is C17H23NO2S. The van der Waals surface area contributed by atoms with Gasteiger partial charge in [0.15, 0.2) is 0 Å². The van der Waals surface area contributed by atoms with E-state index < -0.39 is 0 Å². The van der Waals surface area contributed by atoms with E-state index >= 15 is 0 Å². The van der Waals surface area contributed by atoms with Gasteiger partial charge in [-0.3, -0.25) is 0 Å². The quantitative estimate of drug-likeness (QED) is 0.819. The fourth-order valence-electron chi connectivity index (χ4n) is 3.30. The molecule has 1 aromatic carbocycles. The number of fused-ring (bicyclic) bond motifs is 1. The van der Waals surface area contributed by atoms with E-state index in [0.717, 1.165) is 28.8 Å². The number of nitrogens with zero attached hydrogens (tertiary/aromatic N) is 1. The molecule has 1 spiro atoms. The van der Waals surface area contributed by atoms with Crippen molar-refractivity contribution in [2.45, 2.75) is 63.0 Å². The highest BCUT2D eigenvalue weighted by molar-refractivity contribution is 8.01. The van der Waals surface area contributed by atoms with Gasteiger partial charge in [0.25, 0.3) is 0 Å². The summed E-state index contributed by atoms with van der Waals surface area (Å²) >= 11 is 2.00. The molecule has 3 rings (SSSR count). The van der Waals surface area contributed by atoms with E-state index in [-0.39, 0.29) is 0 Å². The largest absolute Gasteiger partial charge is 0.507 e. The van der Waals surface area contributed by atoms with Crippen molar-refractivity contribution < 1.29 is 9.94 Å². The lowest BCUT2D eigenvalue weighted by Gasteiger charge is -2.45. The van der Waals surface area contributed by atoms with Crippen LogP contribution in [0.1, 0.15) is 54.9 Å². The van der Waals surface area contributed by atoms with E-state index in [1.807, 2.05) is 32.5 Å². The predicted octanol–water partition coefficient (Wildman–Crippen LogP) is 4.48. The smallest absolute Gasteiger partial charge is 0.122 e. The Morgan fingerprint density at radius 1 is 1.19 bits per heavy atom. The molecule has 0 radical (unpaired) electrons. The molecule has 0 atom stereocenters. The SMILES string of the molecule is CCON=C1CC2(CCC2)Sc2c(C)c(C)c(O)c(C)c21. The first-order chi connectivity index (χ1) is 9.99. The molecule has 0 amide bonds. The molecule has 0 bridgehead atoms. The Balaban J connectivity index is 2.19. The molecule has 1 aliphatic heterocycles. The standard InChI is InChI=1S/C17H23NO2S/c1-5-20-18-13-9-17(7-6-8-17)21-16-11(3)10(2)15(19)12(4)14(13)16/h19H,5-9H2,1-4H3. The topological polar surface area (TPSA) is 41.8 Å². The summed E-state index contributed by atoms with van der Waals surface area (Å²) in [6.45, 7) is 8.62. The summed E-state index contributed by atoms with van der Waals surface area (Å²) in [4.78, 5) is 6.65. The first-order valence-electron chi connectivity index (χ1n) is 7.70. The molecule has 1 aromatic rings. The maximum absolute atomic E-state index is 10.4. The summed E-state index contributed by atoms with van der Waals surface area (Å²) in [6.07, 6.45) is 4.76. The first-order valence-corrected chi connectivity index (χ1v) is 8.51. The second-order valence-electron chi connectivity index (χ2n) is 6.20. The van der Waals surface area contributed by atoms with Crippen LogP contribution < -0.4 is 0 Å². The van der Waals surface area contributed by atoms with Crippen molar-refractivity contribution >= 4 is 17.5 Å². The molecule has 1 N–H and O–H groups in total. The Labute approximate surface area is 130 Å². The maximum atomic E-state index is 10.4. The number of phenolic OH excluding ortho intramolecular Hbond substituents is 1. The highest BCUT2D eigenvalue weighted by Crippen LogP contribution is 2.56. The van der Waals surface area contributed by atoms with Gasteiger partial charge in [0.1, 0.15) is 12.4 Å². The Morgan fingerprint density at radius 3 is 2.48 bits per heavy atom. The van der Waals surface area contributed by atoms with E-state index in [9.17, 15) is 5.11 Å². The van der Waals surface area contributed by atoms with Crippen LogP contribution in [0, 0.1) is 20.8 Å². The number of aromatic hydroxyl groups is 1. The van der Waals surface area contributed by atoms with Gasteiger partial charge < -0.3 is 9.94 Å². The molecule has 1 heterocycles. The van der Waals surface area contributed by atoms with Gasteiger partial charge >= 0.3 is 0 Å². The molecule has 0 unspecified atom stereocenters. The Bertz CT molecular complexity index is 618. The van der Waals surface area contributed by atoms with Crippen LogP contribution in [-0.2, 0) is 4.84 Å². The first kappa shape index (κ1) is 14.8. The predicted molar refractivity (Wildman–Crippen MR) is 87.5 cm³/mol. The minimum Gasteiger partial charge on any atom is -0.507 e. The van der Waals surface area contributed by atoms with E-state index in [1.54, 1.807) is 0 Å². The number of hydrogen-bond donors (Lipinski definition) is 1. The zero-order chi connectivity index (χ0) is 15.2. The third-order valence-corrected chi connectivity index (χ3v) is 6.58.